The predicted molar refractivity (Wildman–Crippen MR) is 64.9 cm³/mol. The molecule has 1 saturated carbocycles. The van der Waals surface area contributed by atoms with Gasteiger partial charge in [0.15, 0.2) is 0 Å². The number of carbonyl (C=O) groups excluding carboxylic acids is 1. The van der Waals surface area contributed by atoms with Gasteiger partial charge in [-0.1, -0.05) is 0 Å². The lowest BCUT2D eigenvalue weighted by Gasteiger charge is -2.33. The molecule has 2 rings (SSSR count). The lowest BCUT2D eigenvalue weighted by atomic mass is 9.96. The molecule has 3 atom stereocenters. The monoisotopic (exact) mass is 255 g/mol. The Bertz CT molecular complexity index is 331. The minimum absolute atomic E-state index is 0.0944. The minimum atomic E-state index is -0.780. The number of carboxylic acid groups (broad SMARTS) is 1. The largest absolute Gasteiger partial charge is 0.481 e. The van der Waals surface area contributed by atoms with Crippen molar-refractivity contribution in [2.24, 2.45) is 17.8 Å². The zero-order valence-electron chi connectivity index (χ0n) is 10.5. The maximum atomic E-state index is 12.3. The summed E-state index contributed by atoms with van der Waals surface area (Å²) in [6.45, 7) is 1.51. The molecule has 18 heavy (non-hydrogen) atoms. The van der Waals surface area contributed by atoms with Crippen LogP contribution in [0.4, 0.5) is 0 Å². The molecule has 5 nitrogen and oxygen atoms in total. The SMILES string of the molecule is O=C(O)[C@H]1CC[C@@H](C(=O)N2CCCC(CO)C2)C1. The number of aliphatic hydroxyl groups excluding tert-OH is 1. The maximum absolute atomic E-state index is 12.3. The first kappa shape index (κ1) is 13.3. The number of amides is 1. The van der Waals surface area contributed by atoms with Gasteiger partial charge in [0.05, 0.1) is 5.92 Å². The Labute approximate surface area is 107 Å². The third-order valence-electron chi connectivity index (χ3n) is 4.22. The zero-order chi connectivity index (χ0) is 13.1. The predicted octanol–water partition coefficient (Wildman–Crippen LogP) is 0.718. The van der Waals surface area contributed by atoms with E-state index in [0.29, 0.717) is 25.8 Å². The summed E-state index contributed by atoms with van der Waals surface area (Å²) in [6.07, 6.45) is 3.70. The highest BCUT2D eigenvalue weighted by atomic mass is 16.4. The number of nitrogens with zero attached hydrogens (tertiary/aromatic N) is 1. The normalized spacial score (nSPS) is 32.5. The highest BCUT2D eigenvalue weighted by Gasteiger charge is 2.36. The number of hydrogen-bond acceptors (Lipinski definition) is 3. The van der Waals surface area contributed by atoms with Crippen LogP contribution in [-0.4, -0.2) is 46.7 Å². The average Bonchev–Trinajstić information content (AvgIpc) is 2.87. The van der Waals surface area contributed by atoms with Gasteiger partial charge in [-0.05, 0) is 38.0 Å². The molecule has 0 bridgehead atoms. The van der Waals surface area contributed by atoms with Crippen molar-refractivity contribution in [1.82, 2.24) is 4.90 Å². The summed E-state index contributed by atoms with van der Waals surface area (Å²) < 4.78 is 0. The second-order valence-electron chi connectivity index (χ2n) is 5.52. The minimum Gasteiger partial charge on any atom is -0.481 e. The van der Waals surface area contributed by atoms with Crippen LogP contribution in [0.25, 0.3) is 0 Å². The topological polar surface area (TPSA) is 77.8 Å². The Morgan fingerprint density at radius 2 is 1.89 bits per heavy atom. The first-order chi connectivity index (χ1) is 8.61. The molecule has 0 aromatic rings. The van der Waals surface area contributed by atoms with Gasteiger partial charge < -0.3 is 15.1 Å². The van der Waals surface area contributed by atoms with E-state index in [1.165, 1.54) is 0 Å². The van der Waals surface area contributed by atoms with Crippen molar-refractivity contribution in [2.75, 3.05) is 19.7 Å². The van der Waals surface area contributed by atoms with Gasteiger partial charge in [0, 0.05) is 25.6 Å². The molecule has 1 unspecified atom stereocenters. The van der Waals surface area contributed by atoms with Gasteiger partial charge in [0.2, 0.25) is 5.91 Å². The molecule has 0 spiro atoms. The Morgan fingerprint density at radius 3 is 2.50 bits per heavy atom. The molecule has 1 heterocycles. The number of likely N-dealkylation sites (tertiary alicyclic amines) is 1. The molecule has 2 fully saturated rings. The Morgan fingerprint density at radius 1 is 1.17 bits per heavy atom. The van der Waals surface area contributed by atoms with Crippen LogP contribution in [0.1, 0.15) is 32.1 Å². The number of carboxylic acids is 1. The molecular weight excluding hydrogens is 234 g/mol. The van der Waals surface area contributed by atoms with Crippen molar-refractivity contribution in [3.05, 3.63) is 0 Å². The van der Waals surface area contributed by atoms with Crippen molar-refractivity contribution in [3.8, 4) is 0 Å². The number of aliphatic hydroxyl groups is 1. The average molecular weight is 255 g/mol. The van der Waals surface area contributed by atoms with Gasteiger partial charge in [-0.15, -0.1) is 0 Å². The molecular formula is C13H21NO4. The second kappa shape index (κ2) is 5.69. The summed E-state index contributed by atoms with van der Waals surface area (Å²) in [6, 6.07) is 0. The van der Waals surface area contributed by atoms with E-state index in [2.05, 4.69) is 0 Å². The van der Waals surface area contributed by atoms with E-state index in [1.54, 1.807) is 0 Å². The molecule has 0 aromatic carbocycles. The fraction of sp³-hybridized carbons (Fsp3) is 0.846. The number of hydrogen-bond donors (Lipinski definition) is 2. The van der Waals surface area contributed by atoms with Crippen LogP contribution < -0.4 is 0 Å². The molecule has 1 aliphatic carbocycles. The van der Waals surface area contributed by atoms with Crippen LogP contribution in [0.15, 0.2) is 0 Å². The van der Waals surface area contributed by atoms with Crippen LogP contribution in [0.5, 0.6) is 0 Å². The van der Waals surface area contributed by atoms with E-state index in [9.17, 15) is 9.59 Å². The van der Waals surface area contributed by atoms with Crippen molar-refractivity contribution in [3.63, 3.8) is 0 Å². The summed E-state index contributed by atoms with van der Waals surface area (Å²) in [5.41, 5.74) is 0. The molecule has 0 radical (unpaired) electrons. The Balaban J connectivity index is 1.89. The van der Waals surface area contributed by atoms with Crippen molar-refractivity contribution in [1.29, 1.82) is 0 Å². The van der Waals surface area contributed by atoms with Crippen molar-refractivity contribution >= 4 is 11.9 Å². The maximum Gasteiger partial charge on any atom is 0.306 e. The van der Waals surface area contributed by atoms with Crippen LogP contribution in [0.2, 0.25) is 0 Å². The van der Waals surface area contributed by atoms with Gasteiger partial charge in [0.1, 0.15) is 0 Å². The quantitative estimate of drug-likeness (QED) is 0.779. The molecule has 2 aliphatic rings. The summed E-state index contributed by atoms with van der Waals surface area (Å²) in [4.78, 5) is 25.0. The lowest BCUT2D eigenvalue weighted by molar-refractivity contribution is -0.142. The van der Waals surface area contributed by atoms with Crippen molar-refractivity contribution < 1.29 is 19.8 Å². The molecule has 102 valence electrons. The van der Waals surface area contributed by atoms with E-state index < -0.39 is 5.97 Å². The highest BCUT2D eigenvalue weighted by Crippen LogP contribution is 2.33. The molecule has 5 heteroatoms. The van der Waals surface area contributed by atoms with Crippen LogP contribution in [0, 0.1) is 17.8 Å². The van der Waals surface area contributed by atoms with Gasteiger partial charge in [-0.2, -0.15) is 0 Å². The van der Waals surface area contributed by atoms with E-state index in [4.69, 9.17) is 10.2 Å². The summed E-state index contributed by atoms with van der Waals surface area (Å²) in [7, 11) is 0. The second-order valence-corrected chi connectivity index (χ2v) is 5.52. The summed E-state index contributed by atoms with van der Waals surface area (Å²) in [5.74, 6) is -0.964. The third-order valence-corrected chi connectivity index (χ3v) is 4.22. The number of rotatable bonds is 3. The highest BCUT2D eigenvalue weighted by molar-refractivity contribution is 5.81. The van der Waals surface area contributed by atoms with Crippen molar-refractivity contribution in [2.45, 2.75) is 32.1 Å². The molecule has 1 saturated heterocycles. The standard InChI is InChI=1S/C13H21NO4/c15-8-9-2-1-5-14(7-9)12(16)10-3-4-11(6-10)13(17)18/h9-11,15H,1-8H2,(H,17,18)/t9?,10-,11+/m1/s1. The lowest BCUT2D eigenvalue weighted by Crippen LogP contribution is -2.43. The van der Waals surface area contributed by atoms with Crippen LogP contribution in [-0.2, 0) is 9.59 Å². The number of carbonyl (C=O) groups is 2. The smallest absolute Gasteiger partial charge is 0.306 e. The van der Waals surface area contributed by atoms with Gasteiger partial charge in [-0.3, -0.25) is 9.59 Å². The fourth-order valence-electron chi connectivity index (χ4n) is 3.10. The summed E-state index contributed by atoms with van der Waals surface area (Å²) in [5, 5.41) is 18.1. The number of aliphatic carboxylic acids is 1. The summed E-state index contributed by atoms with van der Waals surface area (Å²) >= 11 is 0. The van der Waals surface area contributed by atoms with Gasteiger partial charge >= 0.3 is 5.97 Å². The van der Waals surface area contributed by atoms with E-state index in [1.807, 2.05) is 4.90 Å². The molecule has 2 N–H and O–H groups in total. The number of piperidine rings is 1. The van der Waals surface area contributed by atoms with Crippen LogP contribution in [0.3, 0.4) is 0 Å². The van der Waals surface area contributed by atoms with E-state index in [0.717, 1.165) is 19.4 Å². The van der Waals surface area contributed by atoms with Gasteiger partial charge in [-0.25, -0.2) is 0 Å². The van der Waals surface area contributed by atoms with Crippen LogP contribution >= 0.6 is 0 Å². The van der Waals surface area contributed by atoms with Gasteiger partial charge in [0.25, 0.3) is 0 Å². The molecule has 1 aliphatic heterocycles. The first-order valence-corrected chi connectivity index (χ1v) is 6.74. The third kappa shape index (κ3) is 2.83. The Kier molecular flexibility index (Phi) is 4.22. The zero-order valence-corrected chi connectivity index (χ0v) is 10.5. The Hall–Kier alpha value is -1.10. The van der Waals surface area contributed by atoms with E-state index in [-0.39, 0.29) is 30.3 Å². The first-order valence-electron chi connectivity index (χ1n) is 6.74. The molecule has 1 amide bonds. The van der Waals surface area contributed by atoms with E-state index >= 15 is 0 Å². The fourth-order valence-corrected chi connectivity index (χ4v) is 3.10. The molecule has 0 aromatic heterocycles.